The van der Waals surface area contributed by atoms with Crippen LogP contribution in [0.1, 0.15) is 31.2 Å². The summed E-state index contributed by atoms with van der Waals surface area (Å²) in [7, 11) is 0. The molecule has 1 aliphatic rings. The van der Waals surface area contributed by atoms with Crippen LogP contribution < -0.4 is 5.32 Å². The molecule has 0 saturated carbocycles. The molecule has 3 heteroatoms. The minimum Gasteiger partial charge on any atom is -0.508 e. The Morgan fingerprint density at radius 2 is 1.94 bits per heavy atom. The third kappa shape index (κ3) is 2.30. The van der Waals surface area contributed by atoms with Crippen LogP contribution in [0, 0.1) is 5.92 Å². The van der Waals surface area contributed by atoms with Crippen LogP contribution in [0.3, 0.4) is 0 Å². The largest absolute Gasteiger partial charge is 0.508 e. The molecular formula is C13H19NO2. The molecule has 0 amide bonds. The first kappa shape index (κ1) is 11.3. The maximum Gasteiger partial charge on any atom is 0.122 e. The van der Waals surface area contributed by atoms with Gasteiger partial charge < -0.3 is 15.5 Å². The molecule has 3 nitrogen and oxygen atoms in total. The minimum absolute atomic E-state index is 0.124. The summed E-state index contributed by atoms with van der Waals surface area (Å²) in [6, 6.07) is 4.90. The van der Waals surface area contributed by atoms with E-state index in [9.17, 15) is 10.2 Å². The molecule has 16 heavy (non-hydrogen) atoms. The molecule has 0 aliphatic carbocycles. The molecule has 0 aromatic heterocycles. The zero-order valence-electron chi connectivity index (χ0n) is 9.61. The Bertz CT molecular complexity index is 359. The lowest BCUT2D eigenvalue weighted by molar-refractivity contribution is 0.323. The summed E-state index contributed by atoms with van der Waals surface area (Å²) in [5.74, 6) is 1.31. The second kappa shape index (κ2) is 4.74. The number of hydrogen-bond donors (Lipinski definition) is 3. The average Bonchev–Trinajstić information content (AvgIpc) is 2.29. The Balaban J connectivity index is 2.15. The van der Waals surface area contributed by atoms with Gasteiger partial charge >= 0.3 is 0 Å². The molecule has 0 radical (unpaired) electrons. The van der Waals surface area contributed by atoms with Gasteiger partial charge in [-0.05, 0) is 49.4 Å². The van der Waals surface area contributed by atoms with E-state index in [1.807, 2.05) is 6.07 Å². The smallest absolute Gasteiger partial charge is 0.122 e. The second-order valence-electron chi connectivity index (χ2n) is 4.62. The molecule has 1 aromatic rings. The van der Waals surface area contributed by atoms with Gasteiger partial charge in [0.05, 0.1) is 0 Å². The Morgan fingerprint density at radius 1 is 1.25 bits per heavy atom. The maximum atomic E-state index is 9.82. The first-order valence-corrected chi connectivity index (χ1v) is 5.91. The molecule has 1 unspecified atom stereocenters. The van der Waals surface area contributed by atoms with E-state index in [0.29, 0.717) is 11.8 Å². The van der Waals surface area contributed by atoms with Gasteiger partial charge in [0.2, 0.25) is 0 Å². The molecule has 88 valence electrons. The third-order valence-corrected chi connectivity index (χ3v) is 3.60. The Morgan fingerprint density at radius 3 is 2.56 bits per heavy atom. The van der Waals surface area contributed by atoms with Crippen LogP contribution in [0.4, 0.5) is 0 Å². The van der Waals surface area contributed by atoms with Gasteiger partial charge in [0.25, 0.3) is 0 Å². The highest BCUT2D eigenvalue weighted by molar-refractivity contribution is 5.41. The van der Waals surface area contributed by atoms with E-state index in [1.165, 1.54) is 6.07 Å². The third-order valence-electron chi connectivity index (χ3n) is 3.60. The van der Waals surface area contributed by atoms with Gasteiger partial charge in [0.15, 0.2) is 0 Å². The number of rotatable bonds is 2. The molecule has 1 heterocycles. The van der Waals surface area contributed by atoms with Gasteiger partial charge in [-0.25, -0.2) is 0 Å². The lowest BCUT2D eigenvalue weighted by Crippen LogP contribution is -2.30. The monoisotopic (exact) mass is 221 g/mol. The van der Waals surface area contributed by atoms with Crippen molar-refractivity contribution in [2.24, 2.45) is 5.92 Å². The lowest BCUT2D eigenvalue weighted by atomic mass is 9.81. The van der Waals surface area contributed by atoms with E-state index in [1.54, 1.807) is 6.07 Å². The quantitative estimate of drug-likeness (QED) is 0.717. The molecule has 2 rings (SSSR count). The van der Waals surface area contributed by atoms with Gasteiger partial charge in [-0.2, -0.15) is 0 Å². The van der Waals surface area contributed by atoms with Gasteiger partial charge in [0.1, 0.15) is 11.5 Å². The lowest BCUT2D eigenvalue weighted by Gasteiger charge is -2.28. The number of phenols is 2. The number of phenolic OH excluding ortho intramolecular Hbond substituents is 2. The molecule has 0 bridgehead atoms. The average molecular weight is 221 g/mol. The molecule has 1 atom stereocenters. The second-order valence-corrected chi connectivity index (χ2v) is 4.62. The van der Waals surface area contributed by atoms with Gasteiger partial charge in [0, 0.05) is 6.07 Å². The summed E-state index contributed by atoms with van der Waals surface area (Å²) in [5.41, 5.74) is 0.949. The highest BCUT2D eigenvalue weighted by Crippen LogP contribution is 2.36. The fraction of sp³-hybridized carbons (Fsp3) is 0.538. The number of benzene rings is 1. The minimum atomic E-state index is 0.124. The van der Waals surface area contributed by atoms with E-state index < -0.39 is 0 Å². The normalized spacial score (nSPS) is 19.6. The first-order valence-electron chi connectivity index (χ1n) is 5.91. The van der Waals surface area contributed by atoms with E-state index in [0.717, 1.165) is 31.5 Å². The summed E-state index contributed by atoms with van der Waals surface area (Å²) >= 11 is 0. The Labute approximate surface area is 96.1 Å². The molecule has 3 N–H and O–H groups in total. The summed E-state index contributed by atoms with van der Waals surface area (Å²) in [6.45, 7) is 4.28. The zero-order chi connectivity index (χ0) is 11.5. The van der Waals surface area contributed by atoms with Crippen molar-refractivity contribution in [3.63, 3.8) is 0 Å². The highest BCUT2D eigenvalue weighted by atomic mass is 16.3. The maximum absolute atomic E-state index is 9.82. The topological polar surface area (TPSA) is 52.5 Å². The van der Waals surface area contributed by atoms with Crippen LogP contribution in [-0.2, 0) is 0 Å². The summed E-state index contributed by atoms with van der Waals surface area (Å²) in [4.78, 5) is 0. The summed E-state index contributed by atoms with van der Waals surface area (Å²) < 4.78 is 0. The highest BCUT2D eigenvalue weighted by Gasteiger charge is 2.23. The van der Waals surface area contributed by atoms with Crippen molar-refractivity contribution in [1.82, 2.24) is 5.32 Å². The van der Waals surface area contributed by atoms with E-state index >= 15 is 0 Å². The van der Waals surface area contributed by atoms with Crippen LogP contribution in [-0.4, -0.2) is 23.3 Å². The number of piperidine rings is 1. The van der Waals surface area contributed by atoms with Gasteiger partial charge in [-0.3, -0.25) is 0 Å². The van der Waals surface area contributed by atoms with Crippen LogP contribution in [0.25, 0.3) is 0 Å². The van der Waals surface area contributed by atoms with Gasteiger partial charge in [-0.1, -0.05) is 13.0 Å². The number of aromatic hydroxyl groups is 2. The molecular weight excluding hydrogens is 202 g/mol. The molecule has 1 saturated heterocycles. The molecule has 1 aromatic carbocycles. The summed E-state index contributed by atoms with van der Waals surface area (Å²) in [6.07, 6.45) is 2.31. The van der Waals surface area contributed by atoms with Crippen molar-refractivity contribution >= 4 is 0 Å². The van der Waals surface area contributed by atoms with E-state index in [-0.39, 0.29) is 11.5 Å². The van der Waals surface area contributed by atoms with Crippen molar-refractivity contribution in [3.8, 4) is 11.5 Å². The Hall–Kier alpha value is -1.22. The van der Waals surface area contributed by atoms with Crippen molar-refractivity contribution in [2.45, 2.75) is 25.7 Å². The SMILES string of the molecule is CC(c1ccc(O)cc1O)C1CCNCC1. The van der Waals surface area contributed by atoms with Gasteiger partial charge in [-0.15, -0.1) is 0 Å². The van der Waals surface area contributed by atoms with Crippen molar-refractivity contribution in [1.29, 1.82) is 0 Å². The number of nitrogens with one attached hydrogen (secondary N) is 1. The Kier molecular flexibility index (Phi) is 3.34. The fourth-order valence-electron chi connectivity index (χ4n) is 2.52. The predicted molar refractivity (Wildman–Crippen MR) is 63.8 cm³/mol. The standard InChI is InChI=1S/C13H19NO2/c1-9(10-4-6-14-7-5-10)12-3-2-11(15)8-13(12)16/h2-3,8-10,14-16H,4-7H2,1H3. The van der Waals surface area contributed by atoms with Crippen molar-refractivity contribution in [2.75, 3.05) is 13.1 Å². The first-order chi connectivity index (χ1) is 7.68. The molecule has 0 spiro atoms. The van der Waals surface area contributed by atoms with Crippen LogP contribution in [0.2, 0.25) is 0 Å². The van der Waals surface area contributed by atoms with Crippen LogP contribution >= 0.6 is 0 Å². The van der Waals surface area contributed by atoms with E-state index in [4.69, 9.17) is 0 Å². The van der Waals surface area contributed by atoms with Crippen LogP contribution in [0.15, 0.2) is 18.2 Å². The predicted octanol–water partition coefficient (Wildman–Crippen LogP) is 2.20. The van der Waals surface area contributed by atoms with Crippen molar-refractivity contribution in [3.05, 3.63) is 23.8 Å². The molecule has 1 aliphatic heterocycles. The fourth-order valence-corrected chi connectivity index (χ4v) is 2.52. The molecule has 1 fully saturated rings. The van der Waals surface area contributed by atoms with E-state index in [2.05, 4.69) is 12.2 Å². The zero-order valence-corrected chi connectivity index (χ0v) is 9.61. The van der Waals surface area contributed by atoms with Crippen molar-refractivity contribution < 1.29 is 10.2 Å². The van der Waals surface area contributed by atoms with Crippen LogP contribution in [0.5, 0.6) is 11.5 Å². The summed E-state index contributed by atoms with van der Waals surface area (Å²) in [5, 5.41) is 22.4. The number of hydrogen-bond acceptors (Lipinski definition) is 3.